The minimum Gasteiger partial charge on any atom is -0.484 e. The zero-order valence-corrected chi connectivity index (χ0v) is 15.7. The van der Waals surface area contributed by atoms with Crippen molar-refractivity contribution in [3.63, 3.8) is 0 Å². The molecule has 0 saturated heterocycles. The predicted octanol–water partition coefficient (Wildman–Crippen LogP) is 1.49. The average molecular weight is 391 g/mol. The Morgan fingerprint density at radius 1 is 1.04 bits per heavy atom. The van der Waals surface area contributed by atoms with Crippen molar-refractivity contribution in [1.29, 1.82) is 0 Å². The van der Waals surface area contributed by atoms with Gasteiger partial charge >= 0.3 is 0 Å². The third-order valence-corrected chi connectivity index (χ3v) is 5.02. The summed E-state index contributed by atoms with van der Waals surface area (Å²) in [5, 5.41) is 2.61. The Hall–Kier alpha value is -2.91. The van der Waals surface area contributed by atoms with Gasteiger partial charge in [-0.25, -0.2) is 13.1 Å². The largest absolute Gasteiger partial charge is 0.484 e. The minimum atomic E-state index is -3.58. The summed E-state index contributed by atoms with van der Waals surface area (Å²) in [4.78, 5) is 23.0. The molecule has 0 bridgehead atoms. The Morgan fingerprint density at radius 3 is 2.15 bits per heavy atom. The van der Waals surface area contributed by atoms with Gasteiger partial charge < -0.3 is 15.8 Å². The first-order chi connectivity index (χ1) is 12.7. The van der Waals surface area contributed by atoms with E-state index in [1.54, 1.807) is 26.0 Å². The summed E-state index contributed by atoms with van der Waals surface area (Å²) in [6.45, 7) is 3.21. The molecule has 2 rings (SSSR count). The molecule has 2 amide bonds. The third-order valence-electron chi connectivity index (χ3n) is 3.35. The first kappa shape index (κ1) is 20.4. The van der Waals surface area contributed by atoms with Crippen LogP contribution in [0, 0.1) is 0 Å². The van der Waals surface area contributed by atoms with Gasteiger partial charge in [0.05, 0.1) is 4.90 Å². The quantitative estimate of drug-likeness (QED) is 0.628. The van der Waals surface area contributed by atoms with Crippen LogP contribution < -0.4 is 20.5 Å². The molecule has 0 saturated carbocycles. The summed E-state index contributed by atoms with van der Waals surface area (Å²) in [6.07, 6.45) is 0. The summed E-state index contributed by atoms with van der Waals surface area (Å²) in [6, 6.07) is 11.7. The molecule has 0 heterocycles. The Morgan fingerprint density at radius 2 is 1.63 bits per heavy atom. The normalized spacial score (nSPS) is 11.2. The smallest absolute Gasteiger partial charge is 0.262 e. The van der Waals surface area contributed by atoms with Crippen molar-refractivity contribution in [2.45, 2.75) is 24.8 Å². The number of nitrogens with two attached hydrogens (primary N) is 1. The van der Waals surface area contributed by atoms with Crippen LogP contribution in [0.3, 0.4) is 0 Å². The summed E-state index contributed by atoms with van der Waals surface area (Å²) < 4.78 is 31.9. The van der Waals surface area contributed by atoms with Crippen LogP contribution in [0.2, 0.25) is 0 Å². The number of hydrogen-bond acceptors (Lipinski definition) is 5. The van der Waals surface area contributed by atoms with Crippen LogP contribution in [-0.4, -0.2) is 32.9 Å². The fourth-order valence-electron chi connectivity index (χ4n) is 2.16. The molecule has 27 heavy (non-hydrogen) atoms. The highest BCUT2D eigenvalue weighted by molar-refractivity contribution is 7.89. The highest BCUT2D eigenvalue weighted by Gasteiger charge is 2.15. The van der Waals surface area contributed by atoms with Crippen molar-refractivity contribution in [2.24, 2.45) is 5.73 Å². The second-order valence-corrected chi connectivity index (χ2v) is 7.74. The summed E-state index contributed by atoms with van der Waals surface area (Å²) in [7, 11) is -3.58. The van der Waals surface area contributed by atoms with Crippen molar-refractivity contribution in [3.05, 3.63) is 54.1 Å². The zero-order chi connectivity index (χ0) is 20.0. The molecule has 8 nitrogen and oxygen atoms in total. The summed E-state index contributed by atoms with van der Waals surface area (Å²) in [5.74, 6) is -0.594. The molecule has 2 aromatic carbocycles. The van der Waals surface area contributed by atoms with Crippen LogP contribution in [0.4, 0.5) is 5.69 Å². The van der Waals surface area contributed by atoms with Crippen molar-refractivity contribution in [2.75, 3.05) is 11.9 Å². The van der Waals surface area contributed by atoms with E-state index in [0.29, 0.717) is 17.0 Å². The van der Waals surface area contributed by atoms with E-state index < -0.39 is 21.8 Å². The fraction of sp³-hybridized carbons (Fsp3) is 0.222. The highest BCUT2D eigenvalue weighted by Crippen LogP contribution is 2.16. The predicted molar refractivity (Wildman–Crippen MR) is 101 cm³/mol. The molecular formula is C18H21N3O5S. The monoisotopic (exact) mass is 391 g/mol. The summed E-state index contributed by atoms with van der Waals surface area (Å²) in [5.41, 5.74) is 5.98. The number of amides is 2. The second-order valence-electron chi connectivity index (χ2n) is 6.03. The van der Waals surface area contributed by atoms with Crippen LogP contribution in [0.5, 0.6) is 5.75 Å². The molecule has 0 aromatic heterocycles. The van der Waals surface area contributed by atoms with Crippen LogP contribution in [0.1, 0.15) is 24.2 Å². The number of carbonyl (C=O) groups is 2. The molecule has 0 atom stereocenters. The molecule has 0 unspecified atom stereocenters. The topological polar surface area (TPSA) is 128 Å². The number of hydrogen-bond donors (Lipinski definition) is 3. The van der Waals surface area contributed by atoms with Gasteiger partial charge in [-0.15, -0.1) is 0 Å². The van der Waals surface area contributed by atoms with Crippen molar-refractivity contribution < 1.29 is 22.7 Å². The van der Waals surface area contributed by atoms with Crippen molar-refractivity contribution >= 4 is 27.5 Å². The highest BCUT2D eigenvalue weighted by atomic mass is 32.2. The fourth-order valence-corrected chi connectivity index (χ4v) is 3.41. The first-order valence-corrected chi connectivity index (χ1v) is 9.60. The van der Waals surface area contributed by atoms with Gasteiger partial charge in [0.2, 0.25) is 15.9 Å². The standard InChI is InChI=1S/C18H21N3O5S/c1-12(2)21-27(24,25)16-9-7-15(8-10-16)26-11-17(22)20-14-5-3-13(4-6-14)18(19)23/h3-10,12,21H,11H2,1-2H3,(H2,19,23)(H,20,22). The lowest BCUT2D eigenvalue weighted by molar-refractivity contribution is -0.118. The van der Waals surface area contributed by atoms with E-state index in [2.05, 4.69) is 10.0 Å². The van der Waals surface area contributed by atoms with Gasteiger partial charge in [0.1, 0.15) is 5.75 Å². The minimum absolute atomic E-state index is 0.113. The van der Waals surface area contributed by atoms with Crippen LogP contribution in [0.25, 0.3) is 0 Å². The number of ether oxygens (including phenoxy) is 1. The van der Waals surface area contributed by atoms with Gasteiger partial charge in [-0.1, -0.05) is 0 Å². The Kier molecular flexibility index (Phi) is 6.54. The maximum atomic E-state index is 12.0. The van der Waals surface area contributed by atoms with Gasteiger partial charge in [-0.2, -0.15) is 0 Å². The molecule has 0 spiro atoms. The van der Waals surface area contributed by atoms with Crippen LogP contribution >= 0.6 is 0 Å². The van der Waals surface area contributed by atoms with Gasteiger partial charge in [-0.05, 0) is 62.4 Å². The lowest BCUT2D eigenvalue weighted by Gasteiger charge is -2.11. The van der Waals surface area contributed by atoms with E-state index in [4.69, 9.17) is 10.5 Å². The molecule has 9 heteroatoms. The molecule has 0 aliphatic rings. The van der Waals surface area contributed by atoms with E-state index in [0.717, 1.165) is 0 Å². The number of carbonyl (C=O) groups excluding carboxylic acids is 2. The number of benzene rings is 2. The molecule has 4 N–H and O–H groups in total. The number of rotatable bonds is 8. The Balaban J connectivity index is 1.90. The summed E-state index contributed by atoms with van der Waals surface area (Å²) >= 11 is 0. The molecule has 144 valence electrons. The lowest BCUT2D eigenvalue weighted by Crippen LogP contribution is -2.30. The SMILES string of the molecule is CC(C)NS(=O)(=O)c1ccc(OCC(=O)Nc2ccc(C(N)=O)cc2)cc1. The van der Waals surface area contributed by atoms with Gasteiger partial charge in [-0.3, -0.25) is 9.59 Å². The lowest BCUT2D eigenvalue weighted by atomic mass is 10.2. The molecule has 0 aliphatic heterocycles. The van der Waals surface area contributed by atoms with Gasteiger partial charge in [0.15, 0.2) is 6.61 Å². The Bertz CT molecular complexity index is 907. The molecule has 0 radical (unpaired) electrons. The van der Waals surface area contributed by atoms with Gasteiger partial charge in [0, 0.05) is 17.3 Å². The van der Waals surface area contributed by atoms with Crippen molar-refractivity contribution in [1.82, 2.24) is 4.72 Å². The average Bonchev–Trinajstić information content (AvgIpc) is 2.60. The molecule has 0 aliphatic carbocycles. The first-order valence-electron chi connectivity index (χ1n) is 8.12. The van der Waals surface area contributed by atoms with E-state index >= 15 is 0 Å². The number of anilines is 1. The van der Waals surface area contributed by atoms with E-state index in [9.17, 15) is 18.0 Å². The zero-order valence-electron chi connectivity index (χ0n) is 14.9. The maximum Gasteiger partial charge on any atom is 0.262 e. The number of primary amides is 1. The van der Waals surface area contributed by atoms with E-state index in [-0.39, 0.29) is 17.5 Å². The van der Waals surface area contributed by atoms with Gasteiger partial charge in [0.25, 0.3) is 5.91 Å². The second kappa shape index (κ2) is 8.65. The molecule has 2 aromatic rings. The van der Waals surface area contributed by atoms with Crippen LogP contribution in [0.15, 0.2) is 53.4 Å². The van der Waals surface area contributed by atoms with Crippen molar-refractivity contribution in [3.8, 4) is 5.75 Å². The van der Waals surface area contributed by atoms with Crippen LogP contribution in [-0.2, 0) is 14.8 Å². The van der Waals surface area contributed by atoms with E-state index in [1.807, 2.05) is 0 Å². The number of nitrogens with one attached hydrogen (secondary N) is 2. The maximum absolute atomic E-state index is 12.0. The Labute approximate surface area is 157 Å². The molecule has 0 fully saturated rings. The third kappa shape index (κ3) is 6.08. The number of sulfonamides is 1. The van der Waals surface area contributed by atoms with E-state index in [1.165, 1.54) is 36.4 Å². The molecular weight excluding hydrogens is 370 g/mol.